The molecular formula is C12H18F3NO4. The minimum Gasteiger partial charge on any atom is -0.372 e. The molecule has 2 saturated heterocycles. The van der Waals surface area contributed by atoms with E-state index in [4.69, 9.17) is 9.47 Å². The molecular weight excluding hydrogens is 279 g/mol. The van der Waals surface area contributed by atoms with Crippen LogP contribution in [0, 0.1) is 0 Å². The van der Waals surface area contributed by atoms with Crippen LogP contribution in [0.25, 0.3) is 0 Å². The Balaban J connectivity index is 1.72. The fraction of sp³-hybridized carbons (Fsp3) is 0.917. The summed E-state index contributed by atoms with van der Waals surface area (Å²) in [6, 6.07) is 0. The van der Waals surface area contributed by atoms with Crippen molar-refractivity contribution in [3.05, 3.63) is 0 Å². The molecule has 2 heterocycles. The minimum absolute atomic E-state index is 0.0633. The maximum Gasteiger partial charge on any atom is 0.411 e. The third-order valence-corrected chi connectivity index (χ3v) is 3.31. The number of nitrogens with zero attached hydrogens (tertiary/aromatic N) is 1. The number of carbonyl (C=O) groups is 1. The number of piperidine rings is 1. The van der Waals surface area contributed by atoms with Crippen molar-refractivity contribution in [2.24, 2.45) is 0 Å². The van der Waals surface area contributed by atoms with E-state index < -0.39 is 18.6 Å². The van der Waals surface area contributed by atoms with Crippen LogP contribution < -0.4 is 0 Å². The molecule has 0 aromatic carbocycles. The van der Waals surface area contributed by atoms with Crippen LogP contribution >= 0.6 is 0 Å². The van der Waals surface area contributed by atoms with Gasteiger partial charge in [-0.2, -0.15) is 13.2 Å². The van der Waals surface area contributed by atoms with Crippen molar-refractivity contribution in [2.75, 3.05) is 39.5 Å². The van der Waals surface area contributed by atoms with Crippen molar-refractivity contribution >= 4 is 5.91 Å². The average Bonchev–Trinajstić information content (AvgIpc) is 2.81. The Morgan fingerprint density at radius 1 is 1.30 bits per heavy atom. The minimum atomic E-state index is -4.36. The molecule has 20 heavy (non-hydrogen) atoms. The van der Waals surface area contributed by atoms with Crippen molar-refractivity contribution in [3.8, 4) is 0 Å². The first-order valence-electron chi connectivity index (χ1n) is 6.60. The zero-order chi connectivity index (χ0) is 14.6. The molecule has 8 heteroatoms. The molecule has 2 fully saturated rings. The number of hydrogen-bond acceptors (Lipinski definition) is 4. The van der Waals surface area contributed by atoms with Gasteiger partial charge in [-0.3, -0.25) is 4.79 Å². The Bertz CT molecular complexity index is 342. The van der Waals surface area contributed by atoms with Gasteiger partial charge in [-0.15, -0.1) is 0 Å². The van der Waals surface area contributed by atoms with Gasteiger partial charge in [0.1, 0.15) is 6.61 Å². The SMILES string of the molecule is O=C(CCOCC(F)(F)F)N1CCCC2(C1)OCCO2. The summed E-state index contributed by atoms with van der Waals surface area (Å²) in [4.78, 5) is 13.5. The van der Waals surface area contributed by atoms with Gasteiger partial charge in [0.05, 0.1) is 32.8 Å². The van der Waals surface area contributed by atoms with E-state index in [1.54, 1.807) is 4.90 Å². The molecule has 116 valence electrons. The summed E-state index contributed by atoms with van der Waals surface area (Å²) in [5, 5.41) is 0. The number of ether oxygens (including phenoxy) is 3. The highest BCUT2D eigenvalue weighted by atomic mass is 19.4. The largest absolute Gasteiger partial charge is 0.411 e. The predicted octanol–water partition coefficient (Wildman–Crippen LogP) is 1.32. The van der Waals surface area contributed by atoms with Crippen molar-refractivity contribution in [3.63, 3.8) is 0 Å². The molecule has 0 atom stereocenters. The van der Waals surface area contributed by atoms with Crippen LogP contribution in [0.3, 0.4) is 0 Å². The van der Waals surface area contributed by atoms with E-state index in [1.165, 1.54) is 0 Å². The molecule has 1 spiro atoms. The van der Waals surface area contributed by atoms with Gasteiger partial charge in [-0.25, -0.2) is 0 Å². The monoisotopic (exact) mass is 297 g/mol. The molecule has 2 aliphatic heterocycles. The summed E-state index contributed by atoms with van der Waals surface area (Å²) in [5.74, 6) is -0.939. The van der Waals surface area contributed by atoms with Gasteiger partial charge in [-0.1, -0.05) is 0 Å². The predicted molar refractivity (Wildman–Crippen MR) is 61.9 cm³/mol. The van der Waals surface area contributed by atoms with Crippen molar-refractivity contribution in [1.29, 1.82) is 0 Å². The third kappa shape index (κ3) is 4.32. The molecule has 1 amide bonds. The lowest BCUT2D eigenvalue weighted by molar-refractivity contribution is -0.194. The average molecular weight is 297 g/mol. The van der Waals surface area contributed by atoms with Gasteiger partial charge >= 0.3 is 6.18 Å². The van der Waals surface area contributed by atoms with Gasteiger partial charge in [0.2, 0.25) is 5.91 Å². The standard InChI is InChI=1S/C12H18F3NO4/c13-12(14,15)9-18-5-2-10(17)16-4-1-3-11(8-16)19-6-7-20-11/h1-9H2. The van der Waals surface area contributed by atoms with E-state index in [-0.39, 0.29) is 18.9 Å². The normalized spacial score (nSPS) is 22.4. The van der Waals surface area contributed by atoms with E-state index in [0.717, 1.165) is 12.8 Å². The van der Waals surface area contributed by atoms with Crippen LogP contribution in [0.4, 0.5) is 13.2 Å². The quantitative estimate of drug-likeness (QED) is 0.734. The van der Waals surface area contributed by atoms with E-state index in [2.05, 4.69) is 4.74 Å². The van der Waals surface area contributed by atoms with Gasteiger partial charge in [0, 0.05) is 13.0 Å². The van der Waals surface area contributed by atoms with Crippen molar-refractivity contribution < 1.29 is 32.2 Å². The topological polar surface area (TPSA) is 48.0 Å². The van der Waals surface area contributed by atoms with E-state index in [1.807, 2.05) is 0 Å². The number of rotatable bonds is 4. The fourth-order valence-corrected chi connectivity index (χ4v) is 2.44. The number of likely N-dealkylation sites (tertiary alicyclic amines) is 1. The summed E-state index contributed by atoms with van der Waals surface area (Å²) in [6.45, 7) is 0.380. The number of carbonyl (C=O) groups excluding carboxylic acids is 1. The Kier molecular flexibility index (Phi) is 4.87. The van der Waals surface area contributed by atoms with Crippen LogP contribution in [0.2, 0.25) is 0 Å². The van der Waals surface area contributed by atoms with Gasteiger partial charge < -0.3 is 19.1 Å². The van der Waals surface area contributed by atoms with Gasteiger partial charge in [0.15, 0.2) is 5.79 Å². The van der Waals surface area contributed by atoms with Crippen LogP contribution in [0.1, 0.15) is 19.3 Å². The highest BCUT2D eigenvalue weighted by molar-refractivity contribution is 5.76. The highest BCUT2D eigenvalue weighted by Gasteiger charge is 2.41. The number of hydrogen-bond donors (Lipinski definition) is 0. The van der Waals surface area contributed by atoms with Crippen LogP contribution in [0.5, 0.6) is 0 Å². The summed E-state index contributed by atoms with van der Waals surface area (Å²) in [6.07, 6.45) is -2.92. The maximum atomic E-state index is 11.9. The van der Waals surface area contributed by atoms with Crippen LogP contribution in [0.15, 0.2) is 0 Å². The zero-order valence-corrected chi connectivity index (χ0v) is 11.1. The van der Waals surface area contributed by atoms with Crippen molar-refractivity contribution in [2.45, 2.75) is 31.2 Å². The number of amides is 1. The summed E-state index contributed by atoms with van der Waals surface area (Å²) in [7, 11) is 0. The summed E-state index contributed by atoms with van der Waals surface area (Å²) < 4.78 is 51.2. The Labute approximate surface area is 115 Å². The Morgan fingerprint density at radius 2 is 2.00 bits per heavy atom. The molecule has 0 unspecified atom stereocenters. The molecule has 2 rings (SSSR count). The van der Waals surface area contributed by atoms with E-state index in [9.17, 15) is 18.0 Å². The molecule has 0 saturated carbocycles. The summed E-state index contributed by atoms with van der Waals surface area (Å²) in [5.41, 5.74) is 0. The Morgan fingerprint density at radius 3 is 2.65 bits per heavy atom. The number of alkyl halides is 3. The Hall–Kier alpha value is -0.860. The smallest absolute Gasteiger partial charge is 0.372 e. The van der Waals surface area contributed by atoms with Gasteiger partial charge in [0.25, 0.3) is 0 Å². The highest BCUT2D eigenvalue weighted by Crippen LogP contribution is 2.30. The van der Waals surface area contributed by atoms with E-state index >= 15 is 0 Å². The molecule has 0 radical (unpaired) electrons. The molecule has 5 nitrogen and oxygen atoms in total. The first kappa shape index (κ1) is 15.5. The first-order chi connectivity index (χ1) is 9.40. The molecule has 0 aromatic rings. The lowest BCUT2D eigenvalue weighted by atomic mass is 10.0. The summed E-state index contributed by atoms with van der Waals surface area (Å²) >= 11 is 0. The lowest BCUT2D eigenvalue weighted by Crippen LogP contribution is -2.51. The fourth-order valence-electron chi connectivity index (χ4n) is 2.44. The molecule has 0 aliphatic carbocycles. The van der Waals surface area contributed by atoms with Crippen molar-refractivity contribution in [1.82, 2.24) is 4.90 Å². The maximum absolute atomic E-state index is 11.9. The molecule has 0 aromatic heterocycles. The van der Waals surface area contributed by atoms with E-state index in [0.29, 0.717) is 26.3 Å². The second-order valence-electron chi connectivity index (χ2n) is 4.94. The zero-order valence-electron chi connectivity index (χ0n) is 11.1. The number of halogens is 3. The third-order valence-electron chi connectivity index (χ3n) is 3.31. The molecule has 0 N–H and O–H groups in total. The lowest BCUT2D eigenvalue weighted by Gasteiger charge is -2.38. The van der Waals surface area contributed by atoms with Gasteiger partial charge in [-0.05, 0) is 6.42 Å². The van der Waals surface area contributed by atoms with Crippen LogP contribution in [-0.2, 0) is 19.0 Å². The first-order valence-corrected chi connectivity index (χ1v) is 6.60. The van der Waals surface area contributed by atoms with Crippen LogP contribution in [-0.4, -0.2) is 62.3 Å². The molecule has 2 aliphatic rings. The second-order valence-corrected chi connectivity index (χ2v) is 4.94. The molecule has 0 bridgehead atoms. The second kappa shape index (κ2) is 6.28.